The maximum atomic E-state index is 13.6. The maximum absolute atomic E-state index is 13.6. The second kappa shape index (κ2) is 25.1. The molecule has 55 heavy (non-hydrogen) atoms. The van der Waals surface area contributed by atoms with Crippen molar-refractivity contribution in [2.24, 2.45) is 16.6 Å². The first kappa shape index (κ1) is 47.9. The number of hydrazine groups is 2. The monoisotopic (exact) mass is 803 g/mol. The molecule has 2 amide bonds. The summed E-state index contributed by atoms with van der Waals surface area (Å²) in [6.07, 6.45) is -2.20. The number of hydrogen-bond acceptors (Lipinski definition) is 20. The summed E-state index contributed by atoms with van der Waals surface area (Å²) in [6, 6.07) is -5.03. The van der Waals surface area contributed by atoms with Crippen molar-refractivity contribution in [3.63, 3.8) is 0 Å². The van der Waals surface area contributed by atoms with E-state index in [0.717, 1.165) is 6.92 Å². The van der Waals surface area contributed by atoms with Gasteiger partial charge >= 0.3 is 0 Å². The van der Waals surface area contributed by atoms with Gasteiger partial charge in [0, 0.05) is 19.2 Å². The van der Waals surface area contributed by atoms with E-state index >= 15 is 0 Å². The molecule has 0 aromatic rings. The van der Waals surface area contributed by atoms with Crippen LogP contribution < -0.4 is 38.5 Å². The summed E-state index contributed by atoms with van der Waals surface area (Å²) in [4.78, 5) is 95.9. The van der Waals surface area contributed by atoms with E-state index in [-0.39, 0.29) is 30.9 Å². The quantitative estimate of drug-likeness (QED) is 0.0122. The first-order valence-electron chi connectivity index (χ1n) is 18.3. The number of likely N-dealkylation sites (tertiary alicyclic amines) is 1. The Morgan fingerprint density at radius 3 is 2.16 bits per heavy atom. The predicted octanol–water partition coefficient (Wildman–Crippen LogP) is -4.73. The Morgan fingerprint density at radius 2 is 1.58 bits per heavy atom. The summed E-state index contributed by atoms with van der Waals surface area (Å²) < 4.78 is 5.36. The van der Waals surface area contributed by atoms with Crippen LogP contribution in [-0.4, -0.2) is 161 Å². The molecule has 2 heterocycles. The summed E-state index contributed by atoms with van der Waals surface area (Å²) in [5, 5.41) is 35.8. The fourth-order valence-electron chi connectivity index (χ4n) is 5.95. The zero-order valence-electron chi connectivity index (χ0n) is 31.2. The number of rotatable bonds is 27. The molecule has 0 saturated carbocycles. The average molecular weight is 804 g/mol. The zero-order chi connectivity index (χ0) is 41.1. The minimum atomic E-state index is -1.63. The summed E-state index contributed by atoms with van der Waals surface area (Å²) in [7, 11) is 0. The third-order valence-corrected chi connectivity index (χ3v) is 9.45. The fraction of sp³-hybridized carbons (Fsp3) is 0.758. The number of aliphatic hydroxyl groups is 3. The van der Waals surface area contributed by atoms with E-state index in [1.54, 1.807) is 0 Å². The number of amides is 2. The van der Waals surface area contributed by atoms with Gasteiger partial charge in [-0.1, -0.05) is 18.0 Å². The normalized spacial score (nSPS) is 24.3. The minimum absolute atomic E-state index is 0.0966. The van der Waals surface area contributed by atoms with Crippen molar-refractivity contribution in [3.8, 4) is 0 Å². The van der Waals surface area contributed by atoms with Gasteiger partial charge in [-0.3, -0.25) is 33.6 Å². The Balaban J connectivity index is 2.05. The van der Waals surface area contributed by atoms with Crippen LogP contribution in [-0.2, 0) is 43.1 Å². The van der Waals surface area contributed by atoms with Gasteiger partial charge in [0.05, 0.1) is 31.3 Å². The highest BCUT2D eigenvalue weighted by atomic mass is 32.1. The van der Waals surface area contributed by atoms with E-state index in [1.807, 2.05) is 0 Å². The lowest BCUT2D eigenvalue weighted by Gasteiger charge is -2.40. The molecule has 9 atom stereocenters. The van der Waals surface area contributed by atoms with Gasteiger partial charge in [-0.2, -0.15) is 12.6 Å². The van der Waals surface area contributed by atoms with E-state index in [9.17, 15) is 48.9 Å². The summed E-state index contributed by atoms with van der Waals surface area (Å²) in [5.41, 5.74) is 22.1. The number of unbranched alkanes of at least 4 members (excludes halogenated alkanes) is 2. The van der Waals surface area contributed by atoms with Crippen molar-refractivity contribution in [2.45, 2.75) is 120 Å². The highest BCUT2D eigenvalue weighted by Gasteiger charge is 2.46. The Hall–Kier alpha value is -3.29. The van der Waals surface area contributed by atoms with E-state index < -0.39 is 103 Å². The fourth-order valence-corrected chi connectivity index (χ4v) is 6.30. The van der Waals surface area contributed by atoms with Gasteiger partial charge in [-0.25, -0.2) is 21.7 Å². The number of nitrogens with two attached hydrogens (primary N) is 2. The smallest absolute Gasteiger partial charge is 0.250 e. The second-order valence-electron chi connectivity index (χ2n) is 13.3. The van der Waals surface area contributed by atoms with Crippen molar-refractivity contribution in [1.29, 1.82) is 0 Å². The molecule has 5 unspecified atom stereocenters. The molecule has 0 radical (unpaired) electrons. The van der Waals surface area contributed by atoms with Crippen LogP contribution in [0.1, 0.15) is 65.2 Å². The van der Waals surface area contributed by atoms with Crippen LogP contribution in [0.15, 0.2) is 5.16 Å². The van der Waals surface area contributed by atoms with Crippen LogP contribution in [0.5, 0.6) is 0 Å². The number of oxime groups is 1. The van der Waals surface area contributed by atoms with Crippen molar-refractivity contribution in [2.75, 3.05) is 38.5 Å². The van der Waals surface area contributed by atoms with Crippen molar-refractivity contribution in [1.82, 2.24) is 31.9 Å². The first-order valence-corrected chi connectivity index (χ1v) is 18.9. The number of ketones is 5. The van der Waals surface area contributed by atoms with Crippen LogP contribution in [0.25, 0.3) is 0 Å². The third-order valence-electron chi connectivity index (χ3n) is 9.08. The minimum Gasteiger partial charge on any atom is -0.394 e. The lowest BCUT2D eigenvalue weighted by molar-refractivity contribution is -0.270. The number of Topliss-reactive ketones (excluding diaryl/α,β-unsaturated/α-hetero) is 5. The molecule has 2 aliphatic rings. The molecular weight excluding hydrogens is 746 g/mol. The van der Waals surface area contributed by atoms with Crippen molar-refractivity contribution in [3.05, 3.63) is 0 Å². The number of carbonyl (C=O) groups is 7. The van der Waals surface area contributed by atoms with E-state index in [4.69, 9.17) is 21.0 Å². The molecule has 12 N–H and O–H groups in total. The molecule has 0 spiro atoms. The van der Waals surface area contributed by atoms with Gasteiger partial charge in [-0.15, -0.1) is 0 Å². The van der Waals surface area contributed by atoms with Crippen molar-refractivity contribution >= 4 is 59.6 Å². The lowest BCUT2D eigenvalue weighted by Crippen LogP contribution is -2.64. The predicted molar refractivity (Wildman–Crippen MR) is 199 cm³/mol. The van der Waals surface area contributed by atoms with Crippen molar-refractivity contribution < 1.29 is 58.5 Å². The van der Waals surface area contributed by atoms with Crippen LogP contribution in [0.3, 0.4) is 0 Å². The number of nitrogens with zero attached hydrogens (tertiary/aromatic N) is 2. The molecule has 0 aromatic carbocycles. The van der Waals surface area contributed by atoms with Gasteiger partial charge in [-0.05, 0) is 58.5 Å². The molecule has 2 aliphatic heterocycles. The summed E-state index contributed by atoms with van der Waals surface area (Å²) in [6.45, 7) is 2.19. The summed E-state index contributed by atoms with van der Waals surface area (Å²) in [5.74, 6) is -4.87. The topological polar surface area (TPSA) is 326 Å². The highest BCUT2D eigenvalue weighted by Crippen LogP contribution is 2.23. The van der Waals surface area contributed by atoms with E-state index in [0.29, 0.717) is 57.8 Å². The molecule has 2 fully saturated rings. The molecule has 0 aromatic heterocycles. The number of carbonyl (C=O) groups excluding carboxylic acids is 7. The molecule has 0 bridgehead atoms. The SMILES string of the molecule is CC(=O)NC1C(O/N=C/C(=O)C(=O)[C@H](CCCCN)NNCC(=O)C(=O)[C@@H]2CCCN2C(=O)[C@H](CCCCN)NN[C@@H](CS)C(C)=O)OC(CO)C(O)C1O. The number of thiol groups is 1. The van der Waals surface area contributed by atoms with E-state index in [2.05, 4.69) is 44.8 Å². The lowest BCUT2D eigenvalue weighted by atomic mass is 9.97. The number of aliphatic hydroxyl groups excluding tert-OH is 3. The number of hydrogen-bond donors (Lipinski definition) is 11. The molecule has 2 rings (SSSR count). The summed E-state index contributed by atoms with van der Waals surface area (Å²) >= 11 is 4.17. The van der Waals surface area contributed by atoms with Gasteiger partial charge in [0.1, 0.15) is 42.4 Å². The molecule has 22 heteroatoms. The first-order chi connectivity index (χ1) is 26.2. The Kier molecular flexibility index (Phi) is 21.8. The van der Waals surface area contributed by atoms with Crippen LogP contribution in [0.4, 0.5) is 0 Å². The Bertz CT molecular complexity index is 1340. The molecule has 2 saturated heterocycles. The van der Waals surface area contributed by atoms with Crippen LogP contribution in [0.2, 0.25) is 0 Å². The second-order valence-corrected chi connectivity index (χ2v) is 13.7. The Morgan fingerprint density at radius 1 is 0.945 bits per heavy atom. The third kappa shape index (κ3) is 15.0. The molecule has 21 nitrogen and oxygen atoms in total. The standard InChI is InChI=1S/C33H57N9O12S/c1-18(44)22(17-55)41-40-21(9-4-6-12-35)32(52)42-13-7-10-23(42)29(49)24(46)14-36-39-20(8-3-5-11-34)28(48)25(47)15-37-54-33-27(38-19(2)45)31(51)30(50)26(16-43)53-33/h15,20-23,26-27,30-31,33,36,39-41,43,50-51,55H,3-14,16-17,34-35H2,1-2H3,(H,38,45)/b37-15+/t20-,21-,22-,23-,26?,27?,30?,31?,33?/m0/s1. The van der Waals surface area contributed by atoms with Crippen LogP contribution >= 0.6 is 12.6 Å². The average Bonchev–Trinajstić information content (AvgIpc) is 3.65. The van der Waals surface area contributed by atoms with Gasteiger partial charge in [0.25, 0.3) is 0 Å². The number of nitrogens with one attached hydrogen (secondary N) is 5. The van der Waals surface area contributed by atoms with Gasteiger partial charge < -0.3 is 46.6 Å². The molecule has 312 valence electrons. The molecule has 0 aliphatic carbocycles. The van der Waals surface area contributed by atoms with Gasteiger partial charge in [0.15, 0.2) is 0 Å². The zero-order valence-corrected chi connectivity index (χ0v) is 32.1. The molecular formula is C33H57N9O12S. The van der Waals surface area contributed by atoms with Gasteiger partial charge in [0.2, 0.25) is 41.2 Å². The highest BCUT2D eigenvalue weighted by molar-refractivity contribution is 7.80. The van der Waals surface area contributed by atoms with Crippen LogP contribution in [0, 0.1) is 0 Å². The van der Waals surface area contributed by atoms with E-state index in [1.165, 1.54) is 11.8 Å². The Labute approximate surface area is 324 Å². The number of ether oxygens (including phenoxy) is 1. The maximum Gasteiger partial charge on any atom is 0.250 e. The largest absolute Gasteiger partial charge is 0.394 e.